The number of carbonyl (C=O) groups is 1. The maximum absolute atomic E-state index is 10.7. The van der Waals surface area contributed by atoms with Gasteiger partial charge in [0.1, 0.15) is 12.2 Å². The molecule has 0 aromatic heterocycles. The van der Waals surface area contributed by atoms with Crippen LogP contribution in [0.4, 0.5) is 0 Å². The van der Waals surface area contributed by atoms with Crippen molar-refractivity contribution in [2.45, 2.75) is 32.0 Å². The Labute approximate surface area is 72.4 Å². The Kier molecular flexibility index (Phi) is 3.29. The van der Waals surface area contributed by atoms with E-state index in [0.29, 0.717) is 0 Å². The van der Waals surface area contributed by atoms with Crippen LogP contribution >= 0.6 is 0 Å². The van der Waals surface area contributed by atoms with Gasteiger partial charge in [0.05, 0.1) is 0 Å². The van der Waals surface area contributed by atoms with Gasteiger partial charge in [0.2, 0.25) is 0 Å². The average Bonchev–Trinajstić information content (AvgIpc) is 2.04. The Morgan fingerprint density at radius 3 is 3.08 bits per heavy atom. The molecule has 0 bridgehead atoms. The molecule has 0 aliphatic carbocycles. The van der Waals surface area contributed by atoms with Gasteiger partial charge in [0, 0.05) is 13.5 Å². The molecule has 1 aliphatic heterocycles. The first-order chi connectivity index (χ1) is 5.74. The molecule has 0 N–H and O–H groups in total. The summed E-state index contributed by atoms with van der Waals surface area (Å²) in [6.07, 6.45) is 3.25. The number of esters is 1. The first kappa shape index (κ1) is 9.26. The molecule has 0 aromatic rings. The lowest BCUT2D eigenvalue weighted by Crippen LogP contribution is -2.35. The molecule has 1 aliphatic rings. The first-order valence-corrected chi connectivity index (χ1v) is 4.15. The van der Waals surface area contributed by atoms with Gasteiger partial charge in [0.25, 0.3) is 0 Å². The van der Waals surface area contributed by atoms with Crippen molar-refractivity contribution in [3.63, 3.8) is 0 Å². The molecule has 0 saturated carbocycles. The standard InChI is InChI=1S/C9H14O3/c1-3-8-9(12-7(2)10)5-4-6-11-8/h3,8-9H,1,4-6H2,2H3/t8-,9+/m0/s1. The summed E-state index contributed by atoms with van der Waals surface area (Å²) in [6.45, 7) is 5.77. The molecule has 12 heavy (non-hydrogen) atoms. The van der Waals surface area contributed by atoms with Gasteiger partial charge in [-0.3, -0.25) is 4.79 Å². The predicted molar refractivity (Wildman–Crippen MR) is 44.7 cm³/mol. The summed E-state index contributed by atoms with van der Waals surface area (Å²) >= 11 is 0. The van der Waals surface area contributed by atoms with Crippen molar-refractivity contribution in [3.05, 3.63) is 12.7 Å². The van der Waals surface area contributed by atoms with Crippen LogP contribution < -0.4 is 0 Å². The number of hydrogen-bond acceptors (Lipinski definition) is 3. The zero-order valence-corrected chi connectivity index (χ0v) is 7.29. The highest BCUT2D eigenvalue weighted by molar-refractivity contribution is 5.66. The Balaban J connectivity index is 2.46. The second kappa shape index (κ2) is 4.26. The van der Waals surface area contributed by atoms with E-state index >= 15 is 0 Å². The van der Waals surface area contributed by atoms with E-state index < -0.39 is 0 Å². The molecule has 0 aromatic carbocycles. The van der Waals surface area contributed by atoms with Gasteiger partial charge in [-0.15, -0.1) is 6.58 Å². The van der Waals surface area contributed by atoms with Crippen LogP contribution in [0.2, 0.25) is 0 Å². The van der Waals surface area contributed by atoms with Gasteiger partial charge in [-0.25, -0.2) is 0 Å². The second-order valence-corrected chi connectivity index (χ2v) is 2.86. The molecule has 0 amide bonds. The lowest BCUT2D eigenvalue weighted by atomic mass is 10.1. The average molecular weight is 170 g/mol. The minimum atomic E-state index is -0.252. The predicted octanol–water partition coefficient (Wildman–Crippen LogP) is 1.28. The van der Waals surface area contributed by atoms with E-state index in [1.165, 1.54) is 6.92 Å². The highest BCUT2D eigenvalue weighted by atomic mass is 16.6. The SMILES string of the molecule is C=C[C@@H]1OCCC[C@H]1OC(C)=O. The molecule has 1 fully saturated rings. The summed E-state index contributed by atoms with van der Waals surface area (Å²) in [5.41, 5.74) is 0. The summed E-state index contributed by atoms with van der Waals surface area (Å²) in [5, 5.41) is 0. The summed E-state index contributed by atoms with van der Waals surface area (Å²) in [5.74, 6) is -0.252. The third-order valence-corrected chi connectivity index (χ3v) is 1.86. The van der Waals surface area contributed by atoms with Crippen molar-refractivity contribution >= 4 is 5.97 Å². The van der Waals surface area contributed by atoms with E-state index in [4.69, 9.17) is 9.47 Å². The van der Waals surface area contributed by atoms with Crippen molar-refractivity contribution in [1.29, 1.82) is 0 Å². The lowest BCUT2D eigenvalue weighted by Gasteiger charge is -2.28. The van der Waals surface area contributed by atoms with Crippen LogP contribution in [0.5, 0.6) is 0 Å². The van der Waals surface area contributed by atoms with E-state index in [9.17, 15) is 4.79 Å². The number of ether oxygens (including phenoxy) is 2. The molecule has 0 unspecified atom stereocenters. The largest absolute Gasteiger partial charge is 0.459 e. The van der Waals surface area contributed by atoms with Crippen molar-refractivity contribution in [1.82, 2.24) is 0 Å². The molecule has 1 rings (SSSR count). The maximum atomic E-state index is 10.7. The Morgan fingerprint density at radius 1 is 1.75 bits per heavy atom. The molecular weight excluding hydrogens is 156 g/mol. The van der Waals surface area contributed by atoms with Crippen LogP contribution in [0.15, 0.2) is 12.7 Å². The van der Waals surface area contributed by atoms with Crippen molar-refractivity contribution in [2.75, 3.05) is 6.61 Å². The summed E-state index contributed by atoms with van der Waals surface area (Å²) in [6, 6.07) is 0. The molecule has 2 atom stereocenters. The van der Waals surface area contributed by atoms with Crippen LogP contribution in [-0.2, 0) is 14.3 Å². The summed E-state index contributed by atoms with van der Waals surface area (Å²) < 4.78 is 10.4. The molecule has 3 heteroatoms. The van der Waals surface area contributed by atoms with Crippen LogP contribution in [0.25, 0.3) is 0 Å². The van der Waals surface area contributed by atoms with E-state index in [2.05, 4.69) is 6.58 Å². The van der Waals surface area contributed by atoms with Gasteiger partial charge in [-0.05, 0) is 12.8 Å². The quantitative estimate of drug-likeness (QED) is 0.462. The smallest absolute Gasteiger partial charge is 0.303 e. The van der Waals surface area contributed by atoms with Crippen LogP contribution in [0.1, 0.15) is 19.8 Å². The zero-order chi connectivity index (χ0) is 8.97. The minimum absolute atomic E-state index is 0.123. The monoisotopic (exact) mass is 170 g/mol. The van der Waals surface area contributed by atoms with Crippen LogP contribution in [0, 0.1) is 0 Å². The maximum Gasteiger partial charge on any atom is 0.303 e. The van der Waals surface area contributed by atoms with Crippen molar-refractivity contribution in [2.24, 2.45) is 0 Å². The molecule has 3 nitrogen and oxygen atoms in total. The first-order valence-electron chi connectivity index (χ1n) is 4.15. The Morgan fingerprint density at radius 2 is 2.50 bits per heavy atom. The van der Waals surface area contributed by atoms with Gasteiger partial charge in [-0.2, -0.15) is 0 Å². The Bertz CT molecular complexity index is 177. The van der Waals surface area contributed by atoms with Gasteiger partial charge in [0.15, 0.2) is 0 Å². The fourth-order valence-corrected chi connectivity index (χ4v) is 1.33. The van der Waals surface area contributed by atoms with E-state index in [1.54, 1.807) is 6.08 Å². The number of rotatable bonds is 2. The van der Waals surface area contributed by atoms with Crippen molar-refractivity contribution < 1.29 is 14.3 Å². The molecule has 1 heterocycles. The fraction of sp³-hybridized carbons (Fsp3) is 0.667. The second-order valence-electron chi connectivity index (χ2n) is 2.86. The minimum Gasteiger partial charge on any atom is -0.459 e. The molecule has 68 valence electrons. The topological polar surface area (TPSA) is 35.5 Å². The zero-order valence-electron chi connectivity index (χ0n) is 7.29. The molecule has 1 saturated heterocycles. The Hall–Kier alpha value is -0.830. The summed E-state index contributed by atoms with van der Waals surface area (Å²) in [7, 11) is 0. The number of hydrogen-bond donors (Lipinski definition) is 0. The van der Waals surface area contributed by atoms with Crippen molar-refractivity contribution in [3.8, 4) is 0 Å². The van der Waals surface area contributed by atoms with E-state index in [1.807, 2.05) is 0 Å². The van der Waals surface area contributed by atoms with Gasteiger partial charge >= 0.3 is 5.97 Å². The van der Waals surface area contributed by atoms with E-state index in [0.717, 1.165) is 19.4 Å². The highest BCUT2D eigenvalue weighted by Crippen LogP contribution is 2.17. The van der Waals surface area contributed by atoms with Crippen LogP contribution in [-0.4, -0.2) is 24.8 Å². The highest BCUT2D eigenvalue weighted by Gasteiger charge is 2.25. The van der Waals surface area contributed by atoms with E-state index in [-0.39, 0.29) is 18.2 Å². The van der Waals surface area contributed by atoms with Crippen LogP contribution in [0.3, 0.4) is 0 Å². The fourth-order valence-electron chi connectivity index (χ4n) is 1.33. The van der Waals surface area contributed by atoms with Gasteiger partial charge < -0.3 is 9.47 Å². The third-order valence-electron chi connectivity index (χ3n) is 1.86. The lowest BCUT2D eigenvalue weighted by molar-refractivity contribution is -0.157. The summed E-state index contributed by atoms with van der Waals surface area (Å²) in [4.78, 5) is 10.7. The normalized spacial score (nSPS) is 29.4. The number of carbonyl (C=O) groups excluding carboxylic acids is 1. The molecule has 0 radical (unpaired) electrons. The third kappa shape index (κ3) is 2.34. The molecule has 0 spiro atoms. The van der Waals surface area contributed by atoms with Gasteiger partial charge in [-0.1, -0.05) is 6.08 Å². The molecular formula is C9H14O3.